The molecule has 1 aliphatic heterocycles. The number of fused-ring (bicyclic) bond motifs is 1. The van der Waals surface area contributed by atoms with Gasteiger partial charge in [0.25, 0.3) is 0 Å². The second-order valence-corrected chi connectivity index (χ2v) is 9.59. The van der Waals surface area contributed by atoms with Crippen LogP contribution < -0.4 is 21.1 Å². The molecule has 1 fully saturated rings. The molecular formula is C27H33N7O. The number of ether oxygens (including phenoxy) is 1. The Hall–Kier alpha value is -3.65. The van der Waals surface area contributed by atoms with Crippen molar-refractivity contribution in [1.82, 2.24) is 19.4 Å². The van der Waals surface area contributed by atoms with E-state index in [0.717, 1.165) is 54.3 Å². The highest BCUT2D eigenvalue weighted by Gasteiger charge is 2.22. The second kappa shape index (κ2) is 9.54. The van der Waals surface area contributed by atoms with Crippen molar-refractivity contribution in [2.45, 2.75) is 45.1 Å². The minimum atomic E-state index is 0.173. The first-order valence-electron chi connectivity index (χ1n) is 12.2. The molecule has 0 aliphatic carbocycles. The van der Waals surface area contributed by atoms with Crippen molar-refractivity contribution < 1.29 is 4.74 Å². The van der Waals surface area contributed by atoms with Crippen molar-refractivity contribution in [2.24, 2.45) is 5.73 Å². The van der Waals surface area contributed by atoms with Gasteiger partial charge in [-0.25, -0.2) is 9.97 Å². The van der Waals surface area contributed by atoms with Crippen LogP contribution >= 0.6 is 0 Å². The van der Waals surface area contributed by atoms with E-state index in [0.29, 0.717) is 23.8 Å². The summed E-state index contributed by atoms with van der Waals surface area (Å²) in [6.45, 7) is 6.20. The highest BCUT2D eigenvalue weighted by Crippen LogP contribution is 2.35. The van der Waals surface area contributed by atoms with Crippen LogP contribution in [0, 0.1) is 0 Å². The maximum absolute atomic E-state index is 6.33. The van der Waals surface area contributed by atoms with Gasteiger partial charge in [-0.3, -0.25) is 9.38 Å². The number of anilines is 2. The summed E-state index contributed by atoms with van der Waals surface area (Å²) in [5.41, 5.74) is 19.7. The minimum Gasteiger partial charge on any atom is -0.497 e. The largest absolute Gasteiger partial charge is 0.497 e. The molecule has 4 heterocycles. The summed E-state index contributed by atoms with van der Waals surface area (Å²) in [4.78, 5) is 16.0. The third-order valence-electron chi connectivity index (χ3n) is 6.82. The zero-order valence-electron chi connectivity index (χ0n) is 20.6. The van der Waals surface area contributed by atoms with Gasteiger partial charge in [-0.1, -0.05) is 13.8 Å². The van der Waals surface area contributed by atoms with Gasteiger partial charge < -0.3 is 21.1 Å². The summed E-state index contributed by atoms with van der Waals surface area (Å²) in [5.74, 6) is 1.61. The van der Waals surface area contributed by atoms with Gasteiger partial charge in [0.05, 0.1) is 24.7 Å². The number of methoxy groups -OCH3 is 1. The molecule has 8 nitrogen and oxygen atoms in total. The molecule has 1 aromatic carbocycles. The molecule has 1 aliphatic rings. The Morgan fingerprint density at radius 2 is 2.00 bits per heavy atom. The molecule has 0 spiro atoms. The minimum absolute atomic E-state index is 0.173. The summed E-state index contributed by atoms with van der Waals surface area (Å²) < 4.78 is 7.50. The van der Waals surface area contributed by atoms with E-state index >= 15 is 0 Å². The lowest BCUT2D eigenvalue weighted by atomic mass is 9.93. The predicted octanol–water partition coefficient (Wildman–Crippen LogP) is 4.02. The molecule has 35 heavy (non-hydrogen) atoms. The molecule has 8 heteroatoms. The van der Waals surface area contributed by atoms with E-state index in [9.17, 15) is 0 Å². The quantitative estimate of drug-likeness (QED) is 0.437. The number of nitrogen functional groups attached to an aromatic ring is 1. The van der Waals surface area contributed by atoms with Crippen molar-refractivity contribution in [1.29, 1.82) is 0 Å². The second-order valence-electron chi connectivity index (χ2n) is 9.59. The smallest absolute Gasteiger partial charge is 0.180 e. The molecule has 0 saturated carbocycles. The number of rotatable bonds is 6. The predicted molar refractivity (Wildman–Crippen MR) is 140 cm³/mol. The molecule has 0 radical (unpaired) electrons. The Labute approximate surface area is 206 Å². The molecule has 0 unspecified atom stereocenters. The van der Waals surface area contributed by atoms with Crippen LogP contribution in [-0.2, 0) is 6.42 Å². The monoisotopic (exact) mass is 471 g/mol. The fourth-order valence-corrected chi connectivity index (χ4v) is 4.99. The van der Waals surface area contributed by atoms with E-state index in [4.69, 9.17) is 21.2 Å². The average molecular weight is 472 g/mol. The van der Waals surface area contributed by atoms with Gasteiger partial charge in [-0.05, 0) is 54.2 Å². The van der Waals surface area contributed by atoms with Crippen LogP contribution in [0.2, 0.25) is 0 Å². The van der Waals surface area contributed by atoms with Gasteiger partial charge in [0, 0.05) is 55.4 Å². The van der Waals surface area contributed by atoms with Crippen molar-refractivity contribution >= 4 is 17.2 Å². The van der Waals surface area contributed by atoms with E-state index in [1.165, 1.54) is 11.1 Å². The fraction of sp³-hybridized carbons (Fsp3) is 0.370. The first-order chi connectivity index (χ1) is 16.9. The number of nitrogens with zero attached hydrogens (tertiary/aromatic N) is 5. The van der Waals surface area contributed by atoms with Gasteiger partial charge in [-0.2, -0.15) is 0 Å². The molecule has 1 saturated heterocycles. The average Bonchev–Trinajstić information content (AvgIpc) is 3.27. The van der Waals surface area contributed by atoms with Gasteiger partial charge in [0.2, 0.25) is 0 Å². The number of hydrogen-bond donors (Lipinski definition) is 2. The number of imidazole rings is 1. The summed E-state index contributed by atoms with van der Waals surface area (Å²) in [6.07, 6.45) is 10.3. The van der Waals surface area contributed by atoms with Gasteiger partial charge in [-0.15, -0.1) is 0 Å². The van der Waals surface area contributed by atoms with Gasteiger partial charge in [0.1, 0.15) is 5.75 Å². The lowest BCUT2D eigenvalue weighted by Gasteiger charge is -2.34. The number of nitrogens with two attached hydrogens (primary N) is 2. The van der Waals surface area contributed by atoms with Crippen LogP contribution in [0.1, 0.15) is 49.4 Å². The number of piperidine rings is 1. The lowest BCUT2D eigenvalue weighted by Crippen LogP contribution is -2.43. The molecular weight excluding hydrogens is 438 g/mol. The van der Waals surface area contributed by atoms with Crippen LogP contribution in [0.25, 0.3) is 16.9 Å². The molecule has 5 rings (SSSR count). The normalized spacial score (nSPS) is 16.3. The highest BCUT2D eigenvalue weighted by molar-refractivity contribution is 5.70. The molecule has 4 aromatic rings. The Balaban J connectivity index is 1.61. The van der Waals surface area contributed by atoms with Crippen molar-refractivity contribution in [3.05, 3.63) is 65.9 Å². The third kappa shape index (κ3) is 4.53. The summed E-state index contributed by atoms with van der Waals surface area (Å²) >= 11 is 0. The van der Waals surface area contributed by atoms with Gasteiger partial charge >= 0.3 is 0 Å². The first kappa shape index (κ1) is 23.1. The Morgan fingerprint density at radius 1 is 1.14 bits per heavy atom. The van der Waals surface area contributed by atoms with Crippen molar-refractivity contribution in [2.75, 3.05) is 30.8 Å². The molecule has 1 atom stereocenters. The molecule has 0 amide bonds. The number of aromatic nitrogens is 4. The number of hydrogen-bond acceptors (Lipinski definition) is 7. The zero-order valence-corrected chi connectivity index (χ0v) is 20.6. The van der Waals surface area contributed by atoms with Crippen LogP contribution in [0.4, 0.5) is 11.5 Å². The maximum atomic E-state index is 6.33. The summed E-state index contributed by atoms with van der Waals surface area (Å²) in [6, 6.07) is 8.61. The van der Waals surface area contributed by atoms with E-state index in [2.05, 4.69) is 46.9 Å². The molecule has 3 aromatic heterocycles. The van der Waals surface area contributed by atoms with Crippen molar-refractivity contribution in [3.8, 4) is 17.0 Å². The van der Waals surface area contributed by atoms with E-state index in [1.807, 2.05) is 29.1 Å². The van der Waals surface area contributed by atoms with Crippen LogP contribution in [0.3, 0.4) is 0 Å². The summed E-state index contributed by atoms with van der Waals surface area (Å²) in [7, 11) is 1.70. The summed E-state index contributed by atoms with van der Waals surface area (Å²) in [5, 5.41) is 0. The number of benzene rings is 1. The first-order valence-corrected chi connectivity index (χ1v) is 12.2. The van der Waals surface area contributed by atoms with E-state index in [-0.39, 0.29) is 6.04 Å². The fourth-order valence-electron chi connectivity index (χ4n) is 4.99. The van der Waals surface area contributed by atoms with Crippen LogP contribution in [0.15, 0.2) is 49.1 Å². The Kier molecular flexibility index (Phi) is 6.30. The SMILES string of the molecule is COc1ccc(-c2cc(Cc3cnc4c(N)nccn34)c(N3CCC[C@@H](N)C3)cn2)c(C(C)C)c1. The third-order valence-corrected chi connectivity index (χ3v) is 6.82. The highest BCUT2D eigenvalue weighted by atomic mass is 16.5. The van der Waals surface area contributed by atoms with Crippen LogP contribution in [0.5, 0.6) is 5.75 Å². The standard InChI is InChI=1S/C27H33N7O/c1-17(2)23-13-21(35-3)6-7-22(23)24-12-18(25(15-31-24)33-9-4-5-19(28)16-33)11-20-14-32-27-26(29)30-8-10-34(20)27/h6-8,10,12-15,17,19H,4-5,9,11,16,28H2,1-3H3,(H2,29,30)/t19-/m1/s1. The molecule has 4 N–H and O–H groups in total. The van der Waals surface area contributed by atoms with E-state index < -0.39 is 0 Å². The zero-order chi connectivity index (χ0) is 24.5. The maximum Gasteiger partial charge on any atom is 0.180 e. The molecule has 0 bridgehead atoms. The topological polar surface area (TPSA) is 108 Å². The Morgan fingerprint density at radius 3 is 2.77 bits per heavy atom. The van der Waals surface area contributed by atoms with Gasteiger partial charge in [0.15, 0.2) is 11.5 Å². The Bertz CT molecular complexity index is 1350. The number of pyridine rings is 1. The van der Waals surface area contributed by atoms with Crippen molar-refractivity contribution in [3.63, 3.8) is 0 Å². The molecule has 182 valence electrons. The van der Waals surface area contributed by atoms with E-state index in [1.54, 1.807) is 13.3 Å². The lowest BCUT2D eigenvalue weighted by molar-refractivity contribution is 0.414. The van der Waals surface area contributed by atoms with Crippen LogP contribution in [-0.4, -0.2) is 45.6 Å².